The standard InChI is InChI=1S/C24H20BrN3O5S3/c1-13-20(23(29)27-18-6-4-5-16(11-18)19-12-34-14(2)26-19)35-22(25)21(13)36(31,32)28-17-9-7-15(8-10-17)24(30)33-3/h4-12,28H,1-3H3,(H,27,29). The van der Waals surface area contributed by atoms with Gasteiger partial charge in [0.1, 0.15) is 4.90 Å². The van der Waals surface area contributed by atoms with Crippen LogP contribution < -0.4 is 10.0 Å². The van der Waals surface area contributed by atoms with Gasteiger partial charge in [0.2, 0.25) is 0 Å². The summed E-state index contributed by atoms with van der Waals surface area (Å²) in [7, 11) is -2.76. The number of ether oxygens (including phenoxy) is 1. The van der Waals surface area contributed by atoms with Crippen LogP contribution in [-0.2, 0) is 14.8 Å². The molecule has 1 amide bonds. The average molecular weight is 607 g/mol. The highest BCUT2D eigenvalue weighted by Gasteiger charge is 2.28. The maximum atomic E-state index is 13.2. The van der Waals surface area contributed by atoms with Crippen molar-refractivity contribution in [2.45, 2.75) is 18.7 Å². The predicted octanol–water partition coefficient (Wildman–Crippen LogP) is 6.09. The molecule has 12 heteroatoms. The third-order valence-electron chi connectivity index (χ3n) is 5.12. The van der Waals surface area contributed by atoms with Gasteiger partial charge in [0.15, 0.2) is 0 Å². The van der Waals surface area contributed by atoms with Gasteiger partial charge in [-0.3, -0.25) is 9.52 Å². The van der Waals surface area contributed by atoms with Crippen molar-refractivity contribution in [2.24, 2.45) is 0 Å². The summed E-state index contributed by atoms with van der Waals surface area (Å²) < 4.78 is 33.7. The second-order valence-electron chi connectivity index (χ2n) is 7.62. The molecule has 0 aliphatic carbocycles. The number of benzene rings is 2. The van der Waals surface area contributed by atoms with E-state index in [1.807, 2.05) is 30.5 Å². The molecule has 2 N–H and O–H groups in total. The first-order chi connectivity index (χ1) is 17.1. The molecule has 4 aromatic rings. The smallest absolute Gasteiger partial charge is 0.337 e. The van der Waals surface area contributed by atoms with E-state index in [2.05, 4.69) is 35.7 Å². The van der Waals surface area contributed by atoms with Gasteiger partial charge in [-0.05, 0) is 71.7 Å². The lowest BCUT2D eigenvalue weighted by Gasteiger charge is -2.10. The number of sulfonamides is 1. The van der Waals surface area contributed by atoms with Crippen molar-refractivity contribution in [3.05, 3.63) is 78.7 Å². The van der Waals surface area contributed by atoms with Gasteiger partial charge in [-0.1, -0.05) is 12.1 Å². The van der Waals surface area contributed by atoms with Crippen LogP contribution in [0.25, 0.3) is 11.3 Å². The Morgan fingerprint density at radius 1 is 1.06 bits per heavy atom. The molecule has 0 radical (unpaired) electrons. The molecule has 36 heavy (non-hydrogen) atoms. The van der Waals surface area contributed by atoms with Crippen molar-refractivity contribution in [1.29, 1.82) is 0 Å². The Morgan fingerprint density at radius 2 is 1.78 bits per heavy atom. The molecule has 0 spiro atoms. The fourth-order valence-electron chi connectivity index (χ4n) is 3.43. The van der Waals surface area contributed by atoms with E-state index >= 15 is 0 Å². The average Bonchev–Trinajstić information content (AvgIpc) is 3.41. The number of nitrogens with one attached hydrogen (secondary N) is 2. The molecule has 2 aromatic heterocycles. The van der Waals surface area contributed by atoms with Crippen LogP contribution in [0.15, 0.2) is 62.6 Å². The van der Waals surface area contributed by atoms with Crippen molar-refractivity contribution in [3.8, 4) is 11.3 Å². The molecule has 186 valence electrons. The lowest BCUT2D eigenvalue weighted by Crippen LogP contribution is -2.16. The quantitative estimate of drug-likeness (QED) is 0.246. The van der Waals surface area contributed by atoms with Gasteiger partial charge in [-0.2, -0.15) is 0 Å². The fraction of sp³-hybridized carbons (Fsp3) is 0.125. The number of esters is 1. The Hall–Kier alpha value is -3.06. The van der Waals surface area contributed by atoms with Gasteiger partial charge in [0.25, 0.3) is 15.9 Å². The predicted molar refractivity (Wildman–Crippen MR) is 146 cm³/mol. The number of aryl methyl sites for hydroxylation is 1. The van der Waals surface area contributed by atoms with Gasteiger partial charge in [-0.25, -0.2) is 18.2 Å². The van der Waals surface area contributed by atoms with E-state index in [1.165, 1.54) is 31.4 Å². The zero-order valence-corrected chi connectivity index (χ0v) is 23.3. The third-order valence-corrected chi connectivity index (χ3v) is 9.80. The van der Waals surface area contributed by atoms with Crippen molar-refractivity contribution in [2.75, 3.05) is 17.1 Å². The van der Waals surface area contributed by atoms with E-state index in [0.717, 1.165) is 27.6 Å². The van der Waals surface area contributed by atoms with Crippen molar-refractivity contribution in [1.82, 2.24) is 4.98 Å². The summed E-state index contributed by atoms with van der Waals surface area (Å²) in [6.07, 6.45) is 0. The van der Waals surface area contributed by atoms with Crippen LogP contribution in [0.1, 0.15) is 30.6 Å². The molecule has 0 bridgehead atoms. The van der Waals surface area contributed by atoms with Gasteiger partial charge < -0.3 is 10.1 Å². The molecular weight excluding hydrogens is 586 g/mol. The van der Waals surface area contributed by atoms with E-state index in [1.54, 1.807) is 24.3 Å². The number of nitrogens with zero attached hydrogens (tertiary/aromatic N) is 1. The highest BCUT2D eigenvalue weighted by Crippen LogP contribution is 2.37. The van der Waals surface area contributed by atoms with Crippen LogP contribution in [0.3, 0.4) is 0 Å². The minimum absolute atomic E-state index is 0.0265. The second kappa shape index (κ2) is 10.5. The first kappa shape index (κ1) is 26.0. The topological polar surface area (TPSA) is 114 Å². The van der Waals surface area contributed by atoms with Crippen LogP contribution in [0, 0.1) is 13.8 Å². The van der Waals surface area contributed by atoms with Gasteiger partial charge in [0, 0.05) is 22.3 Å². The molecule has 2 aromatic carbocycles. The van der Waals surface area contributed by atoms with Crippen LogP contribution in [0.5, 0.6) is 0 Å². The number of carbonyl (C=O) groups is 2. The SMILES string of the molecule is COC(=O)c1ccc(NS(=O)(=O)c2c(Br)sc(C(=O)Nc3cccc(-c4csc(C)n4)c3)c2C)cc1. The number of thiazole rings is 1. The maximum Gasteiger partial charge on any atom is 0.337 e. The normalized spacial score (nSPS) is 11.2. The van der Waals surface area contributed by atoms with Crippen molar-refractivity contribution < 1.29 is 22.7 Å². The molecule has 2 heterocycles. The van der Waals surface area contributed by atoms with Crippen LogP contribution in [0.4, 0.5) is 11.4 Å². The molecule has 0 saturated heterocycles. The fourth-order valence-corrected chi connectivity index (χ4v) is 8.08. The Labute approximate surface area is 224 Å². The summed E-state index contributed by atoms with van der Waals surface area (Å²) in [6, 6.07) is 13.1. The third kappa shape index (κ3) is 5.51. The maximum absolute atomic E-state index is 13.2. The first-order valence-electron chi connectivity index (χ1n) is 10.4. The number of methoxy groups -OCH3 is 1. The van der Waals surface area contributed by atoms with Crippen LogP contribution >= 0.6 is 38.6 Å². The molecule has 0 saturated carbocycles. The highest BCUT2D eigenvalue weighted by atomic mass is 79.9. The van der Waals surface area contributed by atoms with Crippen LogP contribution in [-0.4, -0.2) is 32.4 Å². The Kier molecular flexibility index (Phi) is 7.59. The molecule has 4 rings (SSSR count). The van der Waals surface area contributed by atoms with Gasteiger partial charge in [0.05, 0.1) is 32.0 Å². The Morgan fingerprint density at radius 3 is 2.42 bits per heavy atom. The largest absolute Gasteiger partial charge is 0.465 e. The zero-order valence-electron chi connectivity index (χ0n) is 19.3. The summed E-state index contributed by atoms with van der Waals surface area (Å²) >= 11 is 5.88. The number of rotatable bonds is 7. The summed E-state index contributed by atoms with van der Waals surface area (Å²) in [4.78, 5) is 29.4. The summed E-state index contributed by atoms with van der Waals surface area (Å²) in [6.45, 7) is 3.51. The van der Waals surface area contributed by atoms with Crippen LogP contribution in [0.2, 0.25) is 0 Å². The number of halogens is 1. The summed E-state index contributed by atoms with van der Waals surface area (Å²) in [5, 5.41) is 5.74. The van der Waals surface area contributed by atoms with Crippen molar-refractivity contribution >= 4 is 71.9 Å². The monoisotopic (exact) mass is 605 g/mol. The minimum atomic E-state index is -4.03. The summed E-state index contributed by atoms with van der Waals surface area (Å²) in [5.74, 6) is -0.947. The Bertz CT molecular complexity index is 1560. The number of carbonyl (C=O) groups excluding carboxylic acids is 2. The zero-order chi connectivity index (χ0) is 26.0. The number of hydrogen-bond donors (Lipinski definition) is 2. The van der Waals surface area contributed by atoms with Gasteiger partial charge in [-0.15, -0.1) is 22.7 Å². The molecular formula is C24H20BrN3O5S3. The van der Waals surface area contributed by atoms with E-state index in [0.29, 0.717) is 20.6 Å². The molecule has 0 atom stereocenters. The number of thiophene rings is 1. The molecule has 0 unspecified atom stereocenters. The molecule has 8 nitrogen and oxygen atoms in total. The van der Waals surface area contributed by atoms with Gasteiger partial charge >= 0.3 is 5.97 Å². The number of anilines is 2. The number of aromatic nitrogens is 1. The highest BCUT2D eigenvalue weighted by molar-refractivity contribution is 9.11. The lowest BCUT2D eigenvalue weighted by molar-refractivity contribution is 0.0600. The first-order valence-corrected chi connectivity index (χ1v) is 14.4. The molecule has 0 aliphatic rings. The summed E-state index contributed by atoms with van der Waals surface area (Å²) in [5.41, 5.74) is 3.13. The number of hydrogen-bond acceptors (Lipinski definition) is 8. The van der Waals surface area contributed by atoms with E-state index in [9.17, 15) is 18.0 Å². The minimum Gasteiger partial charge on any atom is -0.465 e. The lowest BCUT2D eigenvalue weighted by atomic mass is 10.1. The molecule has 0 fully saturated rings. The van der Waals surface area contributed by atoms with E-state index in [4.69, 9.17) is 0 Å². The van der Waals surface area contributed by atoms with Crippen molar-refractivity contribution in [3.63, 3.8) is 0 Å². The number of amides is 1. The second-order valence-corrected chi connectivity index (χ2v) is 12.6. The van der Waals surface area contributed by atoms with E-state index < -0.39 is 21.9 Å². The van der Waals surface area contributed by atoms with E-state index in [-0.39, 0.29) is 15.5 Å². The molecule has 0 aliphatic heterocycles. The Balaban J connectivity index is 1.56.